The zero-order valence-electron chi connectivity index (χ0n) is 11.8. The van der Waals surface area contributed by atoms with Crippen LogP contribution in [0.1, 0.15) is 5.56 Å². The van der Waals surface area contributed by atoms with Crippen LogP contribution in [-0.4, -0.2) is 13.1 Å². The van der Waals surface area contributed by atoms with E-state index in [9.17, 15) is 8.78 Å². The fourth-order valence-corrected chi connectivity index (χ4v) is 1.76. The third-order valence-electron chi connectivity index (χ3n) is 2.80. The van der Waals surface area contributed by atoms with Crippen LogP contribution < -0.4 is 15.8 Å². The lowest BCUT2D eigenvalue weighted by Gasteiger charge is -2.10. The molecule has 0 aliphatic carbocycles. The number of nitrogens with zero attached hydrogens (tertiary/aromatic N) is 1. The van der Waals surface area contributed by atoms with Gasteiger partial charge in [0.15, 0.2) is 5.96 Å². The number of halogens is 3. The van der Waals surface area contributed by atoms with E-state index in [0.717, 1.165) is 18.2 Å². The van der Waals surface area contributed by atoms with Crippen molar-refractivity contribution in [1.29, 1.82) is 0 Å². The monoisotopic (exact) mass is 419 g/mol. The lowest BCUT2D eigenvalue weighted by atomic mass is 10.2. The molecule has 0 aliphatic rings. The molecule has 0 aromatic heterocycles. The van der Waals surface area contributed by atoms with Crippen molar-refractivity contribution < 1.29 is 13.5 Å². The van der Waals surface area contributed by atoms with E-state index in [0.29, 0.717) is 11.4 Å². The molecule has 0 unspecified atom stereocenters. The average Bonchev–Trinajstić information content (AvgIpc) is 2.49. The second-order valence-electron chi connectivity index (χ2n) is 4.26. The Morgan fingerprint density at radius 3 is 2.68 bits per heavy atom. The van der Waals surface area contributed by atoms with Gasteiger partial charge in [-0.3, -0.25) is 0 Å². The van der Waals surface area contributed by atoms with Crippen LogP contribution in [0.25, 0.3) is 0 Å². The quantitative estimate of drug-likeness (QED) is 0.453. The predicted molar refractivity (Wildman–Crippen MR) is 93.7 cm³/mol. The summed E-state index contributed by atoms with van der Waals surface area (Å²) in [5.41, 5.74) is 6.51. The Labute approximate surface area is 144 Å². The molecule has 0 aliphatic heterocycles. The molecule has 3 N–H and O–H groups in total. The third-order valence-corrected chi connectivity index (χ3v) is 2.80. The Morgan fingerprint density at radius 1 is 1.23 bits per heavy atom. The normalized spacial score (nSPS) is 10.8. The van der Waals surface area contributed by atoms with Gasteiger partial charge in [0.25, 0.3) is 0 Å². The molecule has 0 bridgehead atoms. The lowest BCUT2D eigenvalue weighted by molar-refractivity contribution is 0.417. The summed E-state index contributed by atoms with van der Waals surface area (Å²) in [6.07, 6.45) is 0. The van der Waals surface area contributed by atoms with Gasteiger partial charge in [0.05, 0.1) is 19.3 Å². The van der Waals surface area contributed by atoms with Gasteiger partial charge in [-0.05, 0) is 30.3 Å². The highest BCUT2D eigenvalue weighted by molar-refractivity contribution is 14.0. The molecule has 0 radical (unpaired) electrons. The van der Waals surface area contributed by atoms with Crippen molar-refractivity contribution in [2.24, 2.45) is 10.7 Å². The first kappa shape index (κ1) is 18.1. The number of nitrogens with one attached hydrogen (secondary N) is 1. The number of hydrogen-bond donors (Lipinski definition) is 2. The van der Waals surface area contributed by atoms with Gasteiger partial charge in [-0.25, -0.2) is 13.8 Å². The van der Waals surface area contributed by atoms with Gasteiger partial charge in [-0.15, -0.1) is 24.0 Å². The minimum Gasteiger partial charge on any atom is -0.495 e. The number of hydrogen-bond acceptors (Lipinski definition) is 2. The van der Waals surface area contributed by atoms with Gasteiger partial charge < -0.3 is 15.8 Å². The molecule has 22 heavy (non-hydrogen) atoms. The first-order valence-corrected chi connectivity index (χ1v) is 6.24. The largest absolute Gasteiger partial charge is 0.495 e. The molecule has 0 atom stereocenters. The van der Waals surface area contributed by atoms with Crippen LogP contribution in [0.15, 0.2) is 47.5 Å². The average molecular weight is 419 g/mol. The Bertz CT molecular complexity index is 665. The van der Waals surface area contributed by atoms with Crippen LogP contribution in [0.3, 0.4) is 0 Å². The van der Waals surface area contributed by atoms with Crippen molar-refractivity contribution in [2.75, 3.05) is 12.4 Å². The number of nitrogens with two attached hydrogens (primary N) is 1. The second-order valence-corrected chi connectivity index (χ2v) is 4.26. The number of anilines is 1. The number of aliphatic imine (C=N–C) groups is 1. The molecule has 7 heteroatoms. The zero-order chi connectivity index (χ0) is 15.2. The summed E-state index contributed by atoms with van der Waals surface area (Å²) < 4.78 is 31.6. The molecular weight excluding hydrogens is 403 g/mol. The fraction of sp³-hybridized carbons (Fsp3) is 0.133. The maximum Gasteiger partial charge on any atom is 0.193 e. The summed E-state index contributed by atoms with van der Waals surface area (Å²) in [7, 11) is 1.54. The van der Waals surface area contributed by atoms with Crippen molar-refractivity contribution >= 4 is 35.6 Å². The Balaban J connectivity index is 0.00000242. The van der Waals surface area contributed by atoms with Crippen molar-refractivity contribution in [3.05, 3.63) is 59.7 Å². The molecule has 0 fully saturated rings. The van der Waals surface area contributed by atoms with E-state index in [-0.39, 0.29) is 42.0 Å². The number of benzene rings is 2. The third kappa shape index (κ3) is 4.83. The number of methoxy groups -OCH3 is 1. The van der Waals surface area contributed by atoms with Crippen LogP contribution in [0, 0.1) is 11.6 Å². The minimum absolute atomic E-state index is 0. The van der Waals surface area contributed by atoms with Crippen LogP contribution in [0.4, 0.5) is 14.5 Å². The summed E-state index contributed by atoms with van der Waals surface area (Å²) in [6.45, 7) is -0.0580. The Kier molecular flexibility index (Phi) is 7.03. The zero-order valence-corrected chi connectivity index (χ0v) is 14.2. The number of ether oxygens (including phenoxy) is 1. The van der Waals surface area contributed by atoms with E-state index in [4.69, 9.17) is 10.5 Å². The van der Waals surface area contributed by atoms with Gasteiger partial charge in [0.2, 0.25) is 0 Å². The Hall–Kier alpha value is -1.90. The van der Waals surface area contributed by atoms with E-state index in [1.54, 1.807) is 12.1 Å². The summed E-state index contributed by atoms with van der Waals surface area (Å²) in [4.78, 5) is 3.99. The predicted octanol–water partition coefficient (Wildman–Crippen LogP) is 3.52. The molecule has 0 spiro atoms. The maximum atomic E-state index is 13.4. The highest BCUT2D eigenvalue weighted by atomic mass is 127. The Morgan fingerprint density at radius 2 is 1.95 bits per heavy atom. The van der Waals surface area contributed by atoms with Crippen LogP contribution in [-0.2, 0) is 6.54 Å². The summed E-state index contributed by atoms with van der Waals surface area (Å²) in [6, 6.07) is 10.4. The molecule has 0 amide bonds. The molecule has 4 nitrogen and oxygen atoms in total. The van der Waals surface area contributed by atoms with Crippen molar-refractivity contribution in [1.82, 2.24) is 0 Å². The topological polar surface area (TPSA) is 59.6 Å². The van der Waals surface area contributed by atoms with E-state index in [1.165, 1.54) is 7.11 Å². The molecule has 0 saturated carbocycles. The van der Waals surface area contributed by atoms with E-state index >= 15 is 0 Å². The maximum absolute atomic E-state index is 13.4. The number of para-hydroxylation sites is 2. The summed E-state index contributed by atoms with van der Waals surface area (Å²) in [5, 5.41) is 2.85. The number of rotatable bonds is 4. The molecule has 2 aromatic carbocycles. The van der Waals surface area contributed by atoms with Crippen molar-refractivity contribution in [3.63, 3.8) is 0 Å². The van der Waals surface area contributed by atoms with Gasteiger partial charge >= 0.3 is 0 Å². The molecular formula is C15H16F2IN3O. The van der Waals surface area contributed by atoms with E-state index in [2.05, 4.69) is 10.3 Å². The lowest BCUT2D eigenvalue weighted by Crippen LogP contribution is -2.23. The SMILES string of the molecule is COc1ccccc1NC(N)=NCc1cc(F)ccc1F.I. The standard InChI is InChI=1S/C15H15F2N3O.HI/c1-21-14-5-3-2-4-13(14)20-15(18)19-9-10-8-11(16)6-7-12(10)17;/h2-8H,9H2,1H3,(H3,18,19,20);1H. The van der Waals surface area contributed by atoms with E-state index < -0.39 is 11.6 Å². The fourth-order valence-electron chi connectivity index (χ4n) is 1.76. The molecule has 2 aromatic rings. The summed E-state index contributed by atoms with van der Waals surface area (Å²) in [5.74, 6) is -0.348. The van der Waals surface area contributed by atoms with Crippen molar-refractivity contribution in [3.8, 4) is 5.75 Å². The smallest absolute Gasteiger partial charge is 0.193 e. The van der Waals surface area contributed by atoms with Crippen LogP contribution >= 0.6 is 24.0 Å². The summed E-state index contributed by atoms with van der Waals surface area (Å²) >= 11 is 0. The second kappa shape index (κ2) is 8.52. The van der Waals surface area contributed by atoms with E-state index in [1.807, 2.05) is 12.1 Å². The van der Waals surface area contributed by atoms with Gasteiger partial charge in [-0.1, -0.05) is 12.1 Å². The van der Waals surface area contributed by atoms with Crippen molar-refractivity contribution in [2.45, 2.75) is 6.54 Å². The first-order valence-electron chi connectivity index (χ1n) is 6.24. The molecule has 0 saturated heterocycles. The molecule has 0 heterocycles. The molecule has 118 valence electrons. The minimum atomic E-state index is -0.523. The van der Waals surface area contributed by atoms with Crippen LogP contribution in [0.2, 0.25) is 0 Å². The van der Waals surface area contributed by atoms with Crippen LogP contribution in [0.5, 0.6) is 5.75 Å². The van der Waals surface area contributed by atoms with Gasteiger partial charge in [0.1, 0.15) is 17.4 Å². The molecule has 2 rings (SSSR count). The van der Waals surface area contributed by atoms with Gasteiger partial charge in [0, 0.05) is 5.56 Å². The highest BCUT2D eigenvalue weighted by Crippen LogP contribution is 2.22. The van der Waals surface area contributed by atoms with Gasteiger partial charge in [-0.2, -0.15) is 0 Å². The number of guanidine groups is 1. The first-order chi connectivity index (χ1) is 10.1. The highest BCUT2D eigenvalue weighted by Gasteiger charge is 2.05.